The minimum absolute atomic E-state index is 0.162. The number of hydrogen-bond acceptors (Lipinski definition) is 4. The molecule has 5 nitrogen and oxygen atoms in total. The molecule has 116 valence electrons. The highest BCUT2D eigenvalue weighted by atomic mass is 35.5. The first-order valence-corrected chi connectivity index (χ1v) is 8.88. The van der Waals surface area contributed by atoms with E-state index in [9.17, 15) is 13.2 Å². The molecule has 0 saturated carbocycles. The van der Waals surface area contributed by atoms with Crippen LogP contribution in [0.3, 0.4) is 0 Å². The van der Waals surface area contributed by atoms with Gasteiger partial charge in [0.2, 0.25) is 10.0 Å². The SMILES string of the molecule is CCC(=O)CC1CCN(S(=O)(=O)c2ccc(Cl)nc2)CC1. The second-order valence-corrected chi connectivity index (χ2v) is 7.59. The van der Waals surface area contributed by atoms with E-state index in [2.05, 4.69) is 4.98 Å². The molecule has 0 bridgehead atoms. The van der Waals surface area contributed by atoms with Crippen LogP contribution in [0.15, 0.2) is 23.2 Å². The van der Waals surface area contributed by atoms with Crippen LogP contribution < -0.4 is 0 Å². The van der Waals surface area contributed by atoms with Gasteiger partial charge in [-0.3, -0.25) is 4.79 Å². The topological polar surface area (TPSA) is 67.3 Å². The van der Waals surface area contributed by atoms with E-state index >= 15 is 0 Å². The molecule has 0 N–H and O–H groups in total. The fourth-order valence-electron chi connectivity index (χ4n) is 2.48. The summed E-state index contributed by atoms with van der Waals surface area (Å²) in [7, 11) is -3.51. The van der Waals surface area contributed by atoms with Gasteiger partial charge in [0.25, 0.3) is 0 Å². The lowest BCUT2D eigenvalue weighted by atomic mass is 9.92. The molecule has 1 fully saturated rings. The van der Waals surface area contributed by atoms with E-state index in [-0.39, 0.29) is 15.8 Å². The second-order valence-electron chi connectivity index (χ2n) is 5.26. The van der Waals surface area contributed by atoms with Crippen molar-refractivity contribution in [3.8, 4) is 0 Å². The number of hydrogen-bond donors (Lipinski definition) is 0. The zero-order valence-corrected chi connectivity index (χ0v) is 13.5. The molecule has 1 aliphatic rings. The van der Waals surface area contributed by atoms with Gasteiger partial charge in [-0.1, -0.05) is 18.5 Å². The number of halogens is 1. The predicted molar refractivity (Wildman–Crippen MR) is 80.6 cm³/mol. The molecule has 1 saturated heterocycles. The van der Waals surface area contributed by atoms with Gasteiger partial charge in [0.05, 0.1) is 0 Å². The quantitative estimate of drug-likeness (QED) is 0.778. The number of aromatic nitrogens is 1. The van der Waals surface area contributed by atoms with Crippen LogP contribution in [0.5, 0.6) is 0 Å². The van der Waals surface area contributed by atoms with Gasteiger partial charge in [-0.15, -0.1) is 0 Å². The van der Waals surface area contributed by atoms with E-state index in [1.165, 1.54) is 22.6 Å². The predicted octanol–water partition coefficient (Wildman–Crippen LogP) is 2.50. The summed E-state index contributed by atoms with van der Waals surface area (Å²) in [5, 5.41) is 0.269. The van der Waals surface area contributed by atoms with Crippen molar-refractivity contribution in [2.45, 2.75) is 37.5 Å². The van der Waals surface area contributed by atoms with Crippen LogP contribution in [0, 0.1) is 5.92 Å². The number of pyridine rings is 1. The van der Waals surface area contributed by atoms with Gasteiger partial charge in [-0.2, -0.15) is 4.31 Å². The fraction of sp³-hybridized carbons (Fsp3) is 0.571. The van der Waals surface area contributed by atoms with Crippen molar-refractivity contribution >= 4 is 27.4 Å². The molecule has 7 heteroatoms. The number of nitrogens with zero attached hydrogens (tertiary/aromatic N) is 2. The Kier molecular flexibility index (Phi) is 5.35. The van der Waals surface area contributed by atoms with E-state index in [0.29, 0.717) is 31.8 Å². The molecule has 0 amide bonds. The smallest absolute Gasteiger partial charge is 0.244 e. The van der Waals surface area contributed by atoms with Gasteiger partial charge in [-0.05, 0) is 30.9 Å². The Labute approximate surface area is 130 Å². The van der Waals surface area contributed by atoms with Crippen LogP contribution in [0.2, 0.25) is 5.15 Å². The Morgan fingerprint density at radius 2 is 2.05 bits per heavy atom. The van der Waals surface area contributed by atoms with Crippen LogP contribution in [-0.2, 0) is 14.8 Å². The number of rotatable bonds is 5. The summed E-state index contributed by atoms with van der Waals surface area (Å²) in [5.41, 5.74) is 0. The van der Waals surface area contributed by atoms with Crippen LogP contribution >= 0.6 is 11.6 Å². The maximum Gasteiger partial charge on any atom is 0.244 e. The average Bonchev–Trinajstić information content (AvgIpc) is 2.48. The maximum atomic E-state index is 12.5. The zero-order chi connectivity index (χ0) is 15.5. The van der Waals surface area contributed by atoms with Gasteiger partial charge in [0.1, 0.15) is 15.8 Å². The lowest BCUT2D eigenvalue weighted by molar-refractivity contribution is -0.119. The number of carbonyl (C=O) groups is 1. The fourth-order valence-corrected chi connectivity index (χ4v) is 4.01. The van der Waals surface area contributed by atoms with Gasteiger partial charge in [0, 0.05) is 32.1 Å². The van der Waals surface area contributed by atoms with E-state index in [1.54, 1.807) is 0 Å². The number of sulfonamides is 1. The minimum Gasteiger partial charge on any atom is -0.300 e. The summed E-state index contributed by atoms with van der Waals surface area (Å²) in [4.78, 5) is 15.4. The van der Waals surface area contributed by atoms with Crippen molar-refractivity contribution in [2.75, 3.05) is 13.1 Å². The molecule has 0 atom stereocenters. The Bertz CT molecular complexity index is 593. The van der Waals surface area contributed by atoms with Crippen LogP contribution in [0.1, 0.15) is 32.6 Å². The molecule has 0 aromatic carbocycles. The summed E-state index contributed by atoms with van der Waals surface area (Å²) in [5.74, 6) is 0.547. The van der Waals surface area contributed by atoms with Crippen molar-refractivity contribution in [1.82, 2.24) is 9.29 Å². The summed E-state index contributed by atoms with van der Waals surface area (Å²) in [6.07, 6.45) is 3.85. The first-order chi connectivity index (χ1) is 9.93. The van der Waals surface area contributed by atoms with E-state index in [4.69, 9.17) is 11.6 Å². The third kappa shape index (κ3) is 4.02. The van der Waals surface area contributed by atoms with Gasteiger partial charge >= 0.3 is 0 Å². The van der Waals surface area contributed by atoms with Crippen molar-refractivity contribution in [3.63, 3.8) is 0 Å². The summed E-state index contributed by atoms with van der Waals surface area (Å²) >= 11 is 5.68. The highest BCUT2D eigenvalue weighted by Gasteiger charge is 2.30. The molecular weight excluding hydrogens is 312 g/mol. The maximum absolute atomic E-state index is 12.5. The lowest BCUT2D eigenvalue weighted by Crippen LogP contribution is -2.38. The van der Waals surface area contributed by atoms with Crippen LogP contribution in [0.4, 0.5) is 0 Å². The number of ketones is 1. The Morgan fingerprint density at radius 1 is 1.38 bits per heavy atom. The summed E-state index contributed by atoms with van der Waals surface area (Å²) in [6.45, 7) is 2.76. The third-order valence-corrected chi connectivity index (χ3v) is 5.93. The molecule has 0 aliphatic carbocycles. The number of carbonyl (C=O) groups excluding carboxylic acids is 1. The Hall–Kier alpha value is -0.980. The zero-order valence-electron chi connectivity index (χ0n) is 12.0. The normalized spacial score (nSPS) is 17.8. The van der Waals surface area contributed by atoms with Crippen molar-refractivity contribution < 1.29 is 13.2 Å². The van der Waals surface area contributed by atoms with Crippen molar-refractivity contribution in [3.05, 3.63) is 23.5 Å². The molecule has 1 aromatic rings. The highest BCUT2D eigenvalue weighted by molar-refractivity contribution is 7.89. The summed E-state index contributed by atoms with van der Waals surface area (Å²) in [6, 6.07) is 2.94. The second kappa shape index (κ2) is 6.85. The molecule has 0 radical (unpaired) electrons. The van der Waals surface area contributed by atoms with Crippen molar-refractivity contribution in [2.24, 2.45) is 5.92 Å². The number of piperidine rings is 1. The minimum atomic E-state index is -3.51. The van der Waals surface area contributed by atoms with Crippen molar-refractivity contribution in [1.29, 1.82) is 0 Å². The van der Waals surface area contributed by atoms with Gasteiger partial charge in [-0.25, -0.2) is 13.4 Å². The number of Topliss-reactive ketones (excluding diaryl/α,β-unsaturated/α-hetero) is 1. The highest BCUT2D eigenvalue weighted by Crippen LogP contribution is 2.26. The summed E-state index contributed by atoms with van der Waals surface area (Å²) < 4.78 is 26.4. The lowest BCUT2D eigenvalue weighted by Gasteiger charge is -2.30. The van der Waals surface area contributed by atoms with E-state index in [0.717, 1.165) is 12.8 Å². The molecule has 2 rings (SSSR count). The largest absolute Gasteiger partial charge is 0.300 e. The van der Waals surface area contributed by atoms with E-state index in [1.807, 2.05) is 6.92 Å². The molecule has 2 heterocycles. The van der Waals surface area contributed by atoms with E-state index < -0.39 is 10.0 Å². The first-order valence-electron chi connectivity index (χ1n) is 7.07. The molecule has 21 heavy (non-hydrogen) atoms. The molecule has 1 aromatic heterocycles. The molecular formula is C14H19ClN2O3S. The Balaban J connectivity index is 2.01. The van der Waals surface area contributed by atoms with Crippen LogP contribution in [-0.4, -0.2) is 36.6 Å². The molecule has 0 unspecified atom stereocenters. The monoisotopic (exact) mass is 330 g/mol. The molecule has 1 aliphatic heterocycles. The standard InChI is InChI=1S/C14H19ClN2O3S/c1-2-12(18)9-11-5-7-17(8-6-11)21(19,20)13-3-4-14(15)16-10-13/h3-4,10-11H,2,5-9H2,1H3. The van der Waals surface area contributed by atoms with Crippen LogP contribution in [0.25, 0.3) is 0 Å². The first kappa shape index (κ1) is 16.4. The average molecular weight is 331 g/mol. The third-order valence-electron chi connectivity index (χ3n) is 3.82. The molecule has 0 spiro atoms. The Morgan fingerprint density at radius 3 is 2.57 bits per heavy atom. The van der Waals surface area contributed by atoms with Gasteiger partial charge < -0.3 is 0 Å². The van der Waals surface area contributed by atoms with Gasteiger partial charge in [0.15, 0.2) is 0 Å².